The molecule has 0 radical (unpaired) electrons. The van der Waals surface area contributed by atoms with Crippen LogP contribution in [0.4, 0.5) is 14.5 Å². The fourth-order valence-corrected chi connectivity index (χ4v) is 1.75. The second kappa shape index (κ2) is 5.96. The second-order valence-corrected chi connectivity index (χ2v) is 4.10. The first-order valence-electron chi connectivity index (χ1n) is 5.84. The van der Waals surface area contributed by atoms with Crippen molar-refractivity contribution in [1.82, 2.24) is 0 Å². The molecule has 2 aromatic rings. The summed E-state index contributed by atoms with van der Waals surface area (Å²) in [6.07, 6.45) is 0. The number of rotatable bonds is 4. The van der Waals surface area contributed by atoms with Gasteiger partial charge in [0.1, 0.15) is 0 Å². The Morgan fingerprint density at radius 3 is 2.42 bits per heavy atom. The molecular formula is C15H12F2N2. The van der Waals surface area contributed by atoms with Crippen LogP contribution in [-0.2, 0) is 0 Å². The minimum absolute atomic E-state index is 0.339. The maximum Gasteiger partial charge on any atom is 0.160 e. The van der Waals surface area contributed by atoms with Crippen LogP contribution in [0.5, 0.6) is 0 Å². The summed E-state index contributed by atoms with van der Waals surface area (Å²) < 4.78 is 25.8. The van der Waals surface area contributed by atoms with Gasteiger partial charge in [-0.3, -0.25) is 0 Å². The SMILES string of the molecule is N#CC(CNc1ccc(F)c(F)c1)c1ccccc1. The highest BCUT2D eigenvalue weighted by Gasteiger charge is 2.10. The maximum atomic E-state index is 13.0. The van der Waals surface area contributed by atoms with Crippen LogP contribution in [0, 0.1) is 23.0 Å². The summed E-state index contributed by atoms with van der Waals surface area (Å²) in [4.78, 5) is 0. The van der Waals surface area contributed by atoms with Gasteiger partial charge >= 0.3 is 0 Å². The van der Waals surface area contributed by atoms with E-state index in [4.69, 9.17) is 5.26 Å². The van der Waals surface area contributed by atoms with Crippen molar-refractivity contribution in [3.8, 4) is 6.07 Å². The molecule has 19 heavy (non-hydrogen) atoms. The zero-order chi connectivity index (χ0) is 13.7. The highest BCUT2D eigenvalue weighted by Crippen LogP contribution is 2.17. The fourth-order valence-electron chi connectivity index (χ4n) is 1.75. The Bertz CT molecular complexity index is 591. The van der Waals surface area contributed by atoms with Crippen molar-refractivity contribution in [2.75, 3.05) is 11.9 Å². The molecule has 0 bridgehead atoms. The van der Waals surface area contributed by atoms with Crippen molar-refractivity contribution in [2.45, 2.75) is 5.92 Å². The number of benzene rings is 2. The van der Waals surface area contributed by atoms with E-state index in [1.165, 1.54) is 6.07 Å². The Hall–Kier alpha value is -2.41. The van der Waals surface area contributed by atoms with Crippen LogP contribution >= 0.6 is 0 Å². The lowest BCUT2D eigenvalue weighted by molar-refractivity contribution is 0.509. The van der Waals surface area contributed by atoms with Crippen LogP contribution in [0.1, 0.15) is 11.5 Å². The normalized spacial score (nSPS) is 11.6. The fraction of sp³-hybridized carbons (Fsp3) is 0.133. The number of anilines is 1. The molecule has 2 nitrogen and oxygen atoms in total. The second-order valence-electron chi connectivity index (χ2n) is 4.10. The lowest BCUT2D eigenvalue weighted by Crippen LogP contribution is -2.11. The third-order valence-corrected chi connectivity index (χ3v) is 2.79. The molecule has 0 aliphatic heterocycles. The molecule has 0 saturated carbocycles. The third kappa shape index (κ3) is 3.29. The first kappa shape index (κ1) is 13.0. The Morgan fingerprint density at radius 1 is 1.05 bits per heavy atom. The summed E-state index contributed by atoms with van der Waals surface area (Å²) in [5.41, 5.74) is 1.34. The standard InChI is InChI=1S/C15H12F2N2/c16-14-7-6-13(8-15(14)17)19-10-12(9-18)11-4-2-1-3-5-11/h1-8,12,19H,10H2. The van der Waals surface area contributed by atoms with Crippen LogP contribution in [0.3, 0.4) is 0 Å². The van der Waals surface area contributed by atoms with Crippen molar-refractivity contribution in [3.63, 3.8) is 0 Å². The Balaban J connectivity index is 2.05. The van der Waals surface area contributed by atoms with Crippen LogP contribution in [0.15, 0.2) is 48.5 Å². The van der Waals surface area contributed by atoms with Gasteiger partial charge in [0.2, 0.25) is 0 Å². The van der Waals surface area contributed by atoms with Gasteiger partial charge < -0.3 is 5.32 Å². The van der Waals surface area contributed by atoms with E-state index >= 15 is 0 Å². The quantitative estimate of drug-likeness (QED) is 0.908. The number of nitrogens with one attached hydrogen (secondary N) is 1. The molecule has 0 spiro atoms. The summed E-state index contributed by atoms with van der Waals surface area (Å²) in [6, 6.07) is 15.1. The molecule has 1 N–H and O–H groups in total. The molecule has 1 atom stereocenters. The predicted molar refractivity (Wildman–Crippen MR) is 69.6 cm³/mol. The lowest BCUT2D eigenvalue weighted by atomic mass is 10.0. The Kier molecular flexibility index (Phi) is 4.09. The summed E-state index contributed by atoms with van der Waals surface area (Å²) in [7, 11) is 0. The average Bonchev–Trinajstić information content (AvgIpc) is 2.44. The molecule has 2 rings (SSSR count). The van der Waals surface area contributed by atoms with Gasteiger partial charge in [0.25, 0.3) is 0 Å². The molecule has 0 heterocycles. The molecule has 0 saturated heterocycles. The van der Waals surface area contributed by atoms with Crippen LogP contribution in [-0.4, -0.2) is 6.54 Å². The molecule has 0 amide bonds. The van der Waals surface area contributed by atoms with E-state index < -0.39 is 11.6 Å². The molecular weight excluding hydrogens is 246 g/mol. The van der Waals surface area contributed by atoms with Gasteiger partial charge in [-0.25, -0.2) is 8.78 Å². The number of nitrogens with zero attached hydrogens (tertiary/aromatic N) is 1. The predicted octanol–water partition coefficient (Wildman–Crippen LogP) is 3.68. The lowest BCUT2D eigenvalue weighted by Gasteiger charge is -2.12. The topological polar surface area (TPSA) is 35.8 Å². The molecule has 2 aromatic carbocycles. The van der Waals surface area contributed by atoms with Crippen LogP contribution in [0.2, 0.25) is 0 Å². The Labute approximate surface area is 110 Å². The monoisotopic (exact) mass is 258 g/mol. The van der Waals surface area contributed by atoms with E-state index in [2.05, 4.69) is 11.4 Å². The van der Waals surface area contributed by atoms with Gasteiger partial charge in [-0.1, -0.05) is 30.3 Å². The highest BCUT2D eigenvalue weighted by molar-refractivity contribution is 5.44. The minimum atomic E-state index is -0.904. The van der Waals surface area contributed by atoms with Gasteiger partial charge in [0, 0.05) is 12.2 Å². The minimum Gasteiger partial charge on any atom is -0.383 e. The molecule has 0 aliphatic rings. The molecule has 0 aromatic heterocycles. The number of hydrogen-bond acceptors (Lipinski definition) is 2. The van der Waals surface area contributed by atoms with Crippen molar-refractivity contribution in [3.05, 3.63) is 65.7 Å². The largest absolute Gasteiger partial charge is 0.383 e. The van der Waals surface area contributed by atoms with Gasteiger partial charge in [0.05, 0.1) is 12.0 Å². The van der Waals surface area contributed by atoms with E-state index in [0.29, 0.717) is 12.2 Å². The van der Waals surface area contributed by atoms with Crippen molar-refractivity contribution in [1.29, 1.82) is 5.26 Å². The van der Waals surface area contributed by atoms with Crippen LogP contribution in [0.25, 0.3) is 0 Å². The maximum absolute atomic E-state index is 13.0. The third-order valence-electron chi connectivity index (χ3n) is 2.79. The number of halogens is 2. The zero-order valence-corrected chi connectivity index (χ0v) is 10.1. The average molecular weight is 258 g/mol. The van der Waals surface area contributed by atoms with E-state index in [-0.39, 0.29) is 5.92 Å². The summed E-state index contributed by atoms with van der Waals surface area (Å²) in [5.74, 6) is -2.13. The van der Waals surface area contributed by atoms with E-state index in [9.17, 15) is 8.78 Å². The van der Waals surface area contributed by atoms with Gasteiger partial charge in [0.15, 0.2) is 11.6 Å². The van der Waals surface area contributed by atoms with E-state index in [1.54, 1.807) is 0 Å². The van der Waals surface area contributed by atoms with E-state index in [0.717, 1.165) is 17.7 Å². The molecule has 0 fully saturated rings. The summed E-state index contributed by atoms with van der Waals surface area (Å²) in [5, 5.41) is 12.1. The van der Waals surface area contributed by atoms with Gasteiger partial charge in [-0.05, 0) is 23.8 Å². The van der Waals surface area contributed by atoms with Crippen molar-refractivity contribution in [2.24, 2.45) is 0 Å². The highest BCUT2D eigenvalue weighted by atomic mass is 19.2. The van der Waals surface area contributed by atoms with Crippen LogP contribution < -0.4 is 5.32 Å². The molecule has 96 valence electrons. The molecule has 0 aliphatic carbocycles. The Morgan fingerprint density at radius 2 is 1.79 bits per heavy atom. The number of nitriles is 1. The first-order valence-corrected chi connectivity index (χ1v) is 5.84. The van der Waals surface area contributed by atoms with Gasteiger partial charge in [-0.15, -0.1) is 0 Å². The van der Waals surface area contributed by atoms with Gasteiger partial charge in [-0.2, -0.15) is 5.26 Å². The van der Waals surface area contributed by atoms with E-state index in [1.807, 2.05) is 30.3 Å². The van der Waals surface area contributed by atoms with Crippen molar-refractivity contribution < 1.29 is 8.78 Å². The zero-order valence-electron chi connectivity index (χ0n) is 10.1. The molecule has 1 unspecified atom stereocenters. The summed E-state index contributed by atoms with van der Waals surface area (Å²) in [6.45, 7) is 0.339. The molecule has 4 heteroatoms. The first-order chi connectivity index (χ1) is 9.20. The smallest absolute Gasteiger partial charge is 0.160 e. The number of hydrogen-bond donors (Lipinski definition) is 1. The van der Waals surface area contributed by atoms with Crippen molar-refractivity contribution >= 4 is 5.69 Å². The summed E-state index contributed by atoms with van der Waals surface area (Å²) >= 11 is 0.